The Bertz CT molecular complexity index is 372. The van der Waals surface area contributed by atoms with Crippen molar-refractivity contribution in [3.8, 4) is 0 Å². The second-order valence-corrected chi connectivity index (χ2v) is 5.78. The highest BCUT2D eigenvalue weighted by Crippen LogP contribution is 2.40. The minimum atomic E-state index is 0.338. The van der Waals surface area contributed by atoms with Crippen LogP contribution in [-0.4, -0.2) is 4.98 Å². The van der Waals surface area contributed by atoms with Crippen LogP contribution in [0.15, 0.2) is 18.3 Å². The summed E-state index contributed by atoms with van der Waals surface area (Å²) in [6, 6.07) is 4.42. The molecule has 0 amide bonds. The first kappa shape index (κ1) is 12.6. The number of rotatable bonds is 2. The molecule has 0 fully saturated rings. The van der Waals surface area contributed by atoms with Crippen molar-refractivity contribution in [1.82, 2.24) is 4.98 Å². The SMILES string of the molecule is CCC1CCCc2ncccc2C(C)(CC)C1. The molecule has 2 unspecified atom stereocenters. The van der Waals surface area contributed by atoms with Crippen LogP contribution in [0.1, 0.15) is 64.1 Å². The maximum atomic E-state index is 4.62. The Hall–Kier alpha value is -0.850. The molecule has 0 aliphatic heterocycles. The van der Waals surface area contributed by atoms with Gasteiger partial charge < -0.3 is 0 Å². The van der Waals surface area contributed by atoms with Gasteiger partial charge in [0.15, 0.2) is 0 Å². The average Bonchev–Trinajstić information content (AvgIpc) is 2.36. The number of aryl methyl sites for hydroxylation is 1. The van der Waals surface area contributed by atoms with E-state index in [4.69, 9.17) is 0 Å². The van der Waals surface area contributed by atoms with Crippen molar-refractivity contribution < 1.29 is 0 Å². The highest BCUT2D eigenvalue weighted by atomic mass is 14.7. The van der Waals surface area contributed by atoms with Crippen LogP contribution in [0.3, 0.4) is 0 Å². The number of nitrogens with zero attached hydrogens (tertiary/aromatic N) is 1. The Morgan fingerprint density at radius 1 is 1.41 bits per heavy atom. The summed E-state index contributed by atoms with van der Waals surface area (Å²) in [4.78, 5) is 4.62. The molecule has 2 atom stereocenters. The van der Waals surface area contributed by atoms with Crippen LogP contribution in [0, 0.1) is 5.92 Å². The molecular formula is C16H25N. The lowest BCUT2D eigenvalue weighted by molar-refractivity contribution is 0.290. The van der Waals surface area contributed by atoms with E-state index in [2.05, 4.69) is 37.9 Å². The van der Waals surface area contributed by atoms with Gasteiger partial charge in [0.2, 0.25) is 0 Å². The van der Waals surface area contributed by atoms with Crippen molar-refractivity contribution in [2.45, 2.75) is 64.7 Å². The van der Waals surface area contributed by atoms with Gasteiger partial charge in [-0.3, -0.25) is 4.98 Å². The van der Waals surface area contributed by atoms with E-state index >= 15 is 0 Å². The molecule has 1 aliphatic rings. The Balaban J connectivity index is 2.39. The van der Waals surface area contributed by atoms with E-state index in [9.17, 15) is 0 Å². The number of hydrogen-bond acceptors (Lipinski definition) is 1. The van der Waals surface area contributed by atoms with Gasteiger partial charge in [-0.15, -0.1) is 0 Å². The molecule has 0 saturated heterocycles. The van der Waals surface area contributed by atoms with E-state index in [1.165, 1.54) is 49.8 Å². The second-order valence-electron chi connectivity index (χ2n) is 5.78. The summed E-state index contributed by atoms with van der Waals surface area (Å²) in [5, 5.41) is 0. The average molecular weight is 231 g/mol. The summed E-state index contributed by atoms with van der Waals surface area (Å²) in [5.41, 5.74) is 3.21. The van der Waals surface area contributed by atoms with Gasteiger partial charge in [0, 0.05) is 11.9 Å². The quantitative estimate of drug-likeness (QED) is 0.730. The molecule has 0 aromatic carbocycles. The van der Waals surface area contributed by atoms with Crippen LogP contribution < -0.4 is 0 Å². The van der Waals surface area contributed by atoms with Gasteiger partial charge in [-0.1, -0.05) is 39.7 Å². The standard InChI is InChI=1S/C16H25N/c1-4-13-8-6-10-15-14(9-7-11-17-15)16(3,5-2)12-13/h7,9,11,13H,4-6,8,10,12H2,1-3H3. The first-order chi connectivity index (χ1) is 8.19. The van der Waals surface area contributed by atoms with Crippen LogP contribution >= 0.6 is 0 Å². The molecule has 0 saturated carbocycles. The molecule has 1 aliphatic carbocycles. The van der Waals surface area contributed by atoms with Crippen molar-refractivity contribution in [2.75, 3.05) is 0 Å². The molecule has 1 heteroatoms. The zero-order valence-electron chi connectivity index (χ0n) is 11.5. The lowest BCUT2D eigenvalue weighted by Crippen LogP contribution is -2.28. The maximum absolute atomic E-state index is 4.62. The molecule has 0 spiro atoms. The summed E-state index contributed by atoms with van der Waals surface area (Å²) in [6.07, 6.45) is 9.69. The Morgan fingerprint density at radius 3 is 2.94 bits per heavy atom. The molecule has 1 aromatic heterocycles. The summed E-state index contributed by atoms with van der Waals surface area (Å²) in [5.74, 6) is 0.897. The summed E-state index contributed by atoms with van der Waals surface area (Å²) >= 11 is 0. The van der Waals surface area contributed by atoms with Gasteiger partial charge >= 0.3 is 0 Å². The topological polar surface area (TPSA) is 12.9 Å². The fourth-order valence-corrected chi connectivity index (χ4v) is 3.28. The zero-order chi connectivity index (χ0) is 12.3. The molecule has 2 rings (SSSR count). The molecule has 0 radical (unpaired) electrons. The molecule has 1 nitrogen and oxygen atoms in total. The van der Waals surface area contributed by atoms with Gasteiger partial charge in [0.25, 0.3) is 0 Å². The van der Waals surface area contributed by atoms with Crippen molar-refractivity contribution in [3.63, 3.8) is 0 Å². The number of hydrogen-bond donors (Lipinski definition) is 0. The Kier molecular flexibility index (Phi) is 3.86. The third-order valence-corrected chi connectivity index (χ3v) is 4.66. The second kappa shape index (κ2) is 5.20. The first-order valence-electron chi connectivity index (χ1n) is 7.14. The predicted octanol–water partition coefficient (Wildman–Crippen LogP) is 4.50. The van der Waals surface area contributed by atoms with E-state index < -0.39 is 0 Å². The first-order valence-corrected chi connectivity index (χ1v) is 7.14. The highest BCUT2D eigenvalue weighted by Gasteiger charge is 2.31. The van der Waals surface area contributed by atoms with Gasteiger partial charge in [0.05, 0.1) is 0 Å². The maximum Gasteiger partial charge on any atom is 0.0441 e. The molecule has 0 N–H and O–H groups in total. The lowest BCUT2D eigenvalue weighted by Gasteiger charge is -2.36. The summed E-state index contributed by atoms with van der Waals surface area (Å²) in [7, 11) is 0. The van der Waals surface area contributed by atoms with Gasteiger partial charge in [-0.2, -0.15) is 0 Å². The fraction of sp³-hybridized carbons (Fsp3) is 0.688. The van der Waals surface area contributed by atoms with E-state index in [1.54, 1.807) is 0 Å². The zero-order valence-corrected chi connectivity index (χ0v) is 11.5. The number of fused-ring (bicyclic) bond motifs is 1. The monoisotopic (exact) mass is 231 g/mol. The smallest absolute Gasteiger partial charge is 0.0441 e. The largest absolute Gasteiger partial charge is 0.261 e. The molecule has 1 aromatic rings. The fourth-order valence-electron chi connectivity index (χ4n) is 3.28. The van der Waals surface area contributed by atoms with Crippen molar-refractivity contribution in [2.24, 2.45) is 5.92 Å². The van der Waals surface area contributed by atoms with Gasteiger partial charge in [-0.05, 0) is 48.6 Å². The minimum Gasteiger partial charge on any atom is -0.261 e. The Morgan fingerprint density at radius 2 is 2.24 bits per heavy atom. The molecule has 94 valence electrons. The predicted molar refractivity (Wildman–Crippen MR) is 73.2 cm³/mol. The van der Waals surface area contributed by atoms with E-state index in [1.807, 2.05) is 6.20 Å². The summed E-state index contributed by atoms with van der Waals surface area (Å²) in [6.45, 7) is 7.10. The van der Waals surface area contributed by atoms with Crippen LogP contribution in [0.5, 0.6) is 0 Å². The third-order valence-electron chi connectivity index (χ3n) is 4.66. The molecule has 1 heterocycles. The summed E-state index contributed by atoms with van der Waals surface area (Å²) < 4.78 is 0. The van der Waals surface area contributed by atoms with E-state index in [-0.39, 0.29) is 0 Å². The van der Waals surface area contributed by atoms with Crippen molar-refractivity contribution in [1.29, 1.82) is 0 Å². The normalized spacial score (nSPS) is 29.2. The molecular weight excluding hydrogens is 206 g/mol. The van der Waals surface area contributed by atoms with E-state index in [0.717, 1.165) is 5.92 Å². The van der Waals surface area contributed by atoms with Gasteiger partial charge in [0.1, 0.15) is 0 Å². The lowest BCUT2D eigenvalue weighted by atomic mass is 9.69. The molecule has 17 heavy (non-hydrogen) atoms. The van der Waals surface area contributed by atoms with Crippen molar-refractivity contribution in [3.05, 3.63) is 29.6 Å². The van der Waals surface area contributed by atoms with Crippen LogP contribution in [-0.2, 0) is 11.8 Å². The van der Waals surface area contributed by atoms with Crippen molar-refractivity contribution >= 4 is 0 Å². The number of pyridine rings is 1. The van der Waals surface area contributed by atoms with E-state index in [0.29, 0.717) is 5.41 Å². The molecule has 0 bridgehead atoms. The number of aromatic nitrogens is 1. The van der Waals surface area contributed by atoms with Crippen LogP contribution in [0.4, 0.5) is 0 Å². The van der Waals surface area contributed by atoms with Crippen LogP contribution in [0.2, 0.25) is 0 Å². The third kappa shape index (κ3) is 2.53. The Labute approximate surface area is 106 Å². The highest BCUT2D eigenvalue weighted by molar-refractivity contribution is 5.29. The van der Waals surface area contributed by atoms with Gasteiger partial charge in [-0.25, -0.2) is 0 Å². The minimum absolute atomic E-state index is 0.338. The van der Waals surface area contributed by atoms with Crippen LogP contribution in [0.25, 0.3) is 0 Å².